The number of hydrogen-bond acceptors (Lipinski definition) is 2. The topological polar surface area (TPSA) is 49.4 Å². The van der Waals surface area contributed by atoms with E-state index in [-0.39, 0.29) is 16.9 Å². The Hall–Kier alpha value is -1.36. The fourth-order valence-electron chi connectivity index (χ4n) is 4.55. The summed E-state index contributed by atoms with van der Waals surface area (Å²) in [4.78, 5) is 26.7. The Labute approximate surface area is 145 Å². The van der Waals surface area contributed by atoms with Gasteiger partial charge in [-0.1, -0.05) is 36.7 Å². The summed E-state index contributed by atoms with van der Waals surface area (Å²) in [6.45, 7) is 7.44. The second-order valence-electron chi connectivity index (χ2n) is 8.11. The van der Waals surface area contributed by atoms with Gasteiger partial charge in [0.05, 0.1) is 0 Å². The summed E-state index contributed by atoms with van der Waals surface area (Å²) < 4.78 is 0.935. The van der Waals surface area contributed by atoms with Gasteiger partial charge in [-0.05, 0) is 54.4 Å². The Balaban J connectivity index is 1.71. The summed E-state index contributed by atoms with van der Waals surface area (Å²) in [5.74, 6) is -0.944. The average Bonchev–Trinajstić information content (AvgIpc) is 2.69. The maximum Gasteiger partial charge on any atom is 0.313 e. The van der Waals surface area contributed by atoms with Crippen LogP contribution in [-0.4, -0.2) is 29.3 Å². The Kier molecular flexibility index (Phi) is 4.03. The zero-order valence-corrected chi connectivity index (χ0v) is 15.4. The molecule has 2 amide bonds. The van der Waals surface area contributed by atoms with Gasteiger partial charge in [0.25, 0.3) is 0 Å². The fourth-order valence-corrected chi connectivity index (χ4v) is 4.81. The number of halogens is 1. The van der Waals surface area contributed by atoms with E-state index in [0.717, 1.165) is 23.7 Å². The molecule has 1 aromatic rings. The van der Waals surface area contributed by atoms with Crippen LogP contribution < -0.4 is 5.32 Å². The standard InChI is InChI=1S/C18H23BrN2O2/c1-17(2)8-14-9-18(3,10-17)11-21(14)16(23)15(22)20-13-6-4-12(19)5-7-13/h4-7,14H,8-11H2,1-3H3,(H,20,22). The quantitative estimate of drug-likeness (QED) is 0.755. The first-order valence-corrected chi connectivity index (χ1v) is 8.84. The van der Waals surface area contributed by atoms with E-state index in [9.17, 15) is 9.59 Å². The number of benzene rings is 1. The monoisotopic (exact) mass is 378 g/mol. The van der Waals surface area contributed by atoms with Crippen molar-refractivity contribution < 1.29 is 9.59 Å². The van der Waals surface area contributed by atoms with E-state index in [0.29, 0.717) is 12.2 Å². The van der Waals surface area contributed by atoms with Crippen molar-refractivity contribution in [3.63, 3.8) is 0 Å². The van der Waals surface area contributed by atoms with Gasteiger partial charge in [-0.2, -0.15) is 0 Å². The molecule has 124 valence electrons. The zero-order valence-electron chi connectivity index (χ0n) is 13.9. The van der Waals surface area contributed by atoms with Crippen LogP contribution in [0.4, 0.5) is 5.69 Å². The first kappa shape index (κ1) is 16.5. The second-order valence-corrected chi connectivity index (χ2v) is 9.02. The Morgan fingerprint density at radius 2 is 1.83 bits per heavy atom. The molecule has 3 rings (SSSR count). The van der Waals surface area contributed by atoms with E-state index in [1.807, 2.05) is 12.1 Å². The molecule has 1 N–H and O–H groups in total. The lowest BCUT2D eigenvalue weighted by atomic mass is 9.65. The van der Waals surface area contributed by atoms with Crippen LogP contribution in [0.2, 0.25) is 0 Å². The van der Waals surface area contributed by atoms with Gasteiger partial charge in [0.15, 0.2) is 0 Å². The number of nitrogens with one attached hydrogen (secondary N) is 1. The normalized spacial score (nSPS) is 28.5. The highest BCUT2D eigenvalue weighted by molar-refractivity contribution is 9.10. The van der Waals surface area contributed by atoms with Crippen LogP contribution in [0.3, 0.4) is 0 Å². The minimum Gasteiger partial charge on any atom is -0.331 e. The number of carbonyl (C=O) groups excluding carboxylic acids is 2. The zero-order chi connectivity index (χ0) is 16.8. The molecule has 1 heterocycles. The van der Waals surface area contributed by atoms with Crippen LogP contribution >= 0.6 is 15.9 Å². The van der Waals surface area contributed by atoms with E-state index >= 15 is 0 Å². The molecule has 0 spiro atoms. The number of hydrogen-bond donors (Lipinski definition) is 1. The lowest BCUT2D eigenvalue weighted by molar-refractivity contribution is -0.144. The summed E-state index contributed by atoms with van der Waals surface area (Å²) in [6.07, 6.45) is 3.09. The lowest BCUT2D eigenvalue weighted by Gasteiger charge is -2.39. The third-order valence-electron chi connectivity index (χ3n) is 4.97. The molecule has 0 radical (unpaired) electrons. The molecule has 23 heavy (non-hydrogen) atoms. The third-order valence-corrected chi connectivity index (χ3v) is 5.50. The summed E-state index contributed by atoms with van der Waals surface area (Å²) in [5, 5.41) is 2.71. The maximum absolute atomic E-state index is 12.6. The molecular weight excluding hydrogens is 356 g/mol. The first-order valence-electron chi connectivity index (χ1n) is 8.05. The predicted molar refractivity (Wildman–Crippen MR) is 94.0 cm³/mol. The number of amides is 2. The molecule has 0 aromatic heterocycles. The van der Waals surface area contributed by atoms with Gasteiger partial charge in [-0.15, -0.1) is 0 Å². The minimum atomic E-state index is -0.540. The van der Waals surface area contributed by atoms with Gasteiger partial charge < -0.3 is 10.2 Å². The number of rotatable bonds is 1. The number of carbonyl (C=O) groups is 2. The maximum atomic E-state index is 12.6. The molecule has 4 nitrogen and oxygen atoms in total. The Morgan fingerprint density at radius 3 is 2.48 bits per heavy atom. The van der Waals surface area contributed by atoms with Gasteiger partial charge in [0, 0.05) is 22.7 Å². The van der Waals surface area contributed by atoms with E-state index in [2.05, 4.69) is 42.0 Å². The molecule has 2 fully saturated rings. The Bertz CT molecular complexity index is 641. The van der Waals surface area contributed by atoms with Crippen molar-refractivity contribution in [2.45, 2.75) is 46.1 Å². The van der Waals surface area contributed by atoms with Gasteiger partial charge in [-0.3, -0.25) is 9.59 Å². The van der Waals surface area contributed by atoms with Crippen molar-refractivity contribution >= 4 is 33.4 Å². The molecule has 2 atom stereocenters. The number of likely N-dealkylation sites (tertiary alicyclic amines) is 1. The van der Waals surface area contributed by atoms with Crippen molar-refractivity contribution in [2.75, 3.05) is 11.9 Å². The number of nitrogens with zero attached hydrogens (tertiary/aromatic N) is 1. The smallest absolute Gasteiger partial charge is 0.313 e. The van der Waals surface area contributed by atoms with Gasteiger partial charge in [0.1, 0.15) is 0 Å². The second kappa shape index (κ2) is 5.62. The number of anilines is 1. The van der Waals surface area contributed by atoms with Gasteiger partial charge >= 0.3 is 11.8 Å². The van der Waals surface area contributed by atoms with Crippen LogP contribution in [0.25, 0.3) is 0 Å². The fraction of sp³-hybridized carbons (Fsp3) is 0.556. The van der Waals surface area contributed by atoms with Crippen molar-refractivity contribution in [2.24, 2.45) is 10.8 Å². The van der Waals surface area contributed by atoms with Crippen molar-refractivity contribution in [1.29, 1.82) is 0 Å². The lowest BCUT2D eigenvalue weighted by Crippen LogP contribution is -2.43. The van der Waals surface area contributed by atoms with E-state index in [1.165, 1.54) is 0 Å². The highest BCUT2D eigenvalue weighted by Crippen LogP contribution is 2.52. The molecule has 1 saturated heterocycles. The van der Waals surface area contributed by atoms with Crippen LogP contribution in [0, 0.1) is 10.8 Å². The van der Waals surface area contributed by atoms with Crippen molar-refractivity contribution in [1.82, 2.24) is 4.90 Å². The molecule has 2 bridgehead atoms. The van der Waals surface area contributed by atoms with Crippen LogP contribution in [0.5, 0.6) is 0 Å². The summed E-state index contributed by atoms with van der Waals surface area (Å²) in [6, 6.07) is 7.43. The molecular formula is C18H23BrN2O2. The highest BCUT2D eigenvalue weighted by atomic mass is 79.9. The molecule has 1 aliphatic carbocycles. The average molecular weight is 379 g/mol. The molecule has 2 unspecified atom stereocenters. The molecule has 1 saturated carbocycles. The SMILES string of the molecule is CC1(C)CC2CC(C)(CN2C(=O)C(=O)Nc2ccc(Br)cc2)C1. The van der Waals surface area contributed by atoms with E-state index in [1.54, 1.807) is 17.0 Å². The molecule has 2 aliphatic rings. The van der Waals surface area contributed by atoms with Crippen LogP contribution in [0.15, 0.2) is 28.7 Å². The summed E-state index contributed by atoms with van der Waals surface area (Å²) in [5.41, 5.74) is 1.01. The largest absolute Gasteiger partial charge is 0.331 e. The van der Waals surface area contributed by atoms with Crippen molar-refractivity contribution in [3.05, 3.63) is 28.7 Å². The highest BCUT2D eigenvalue weighted by Gasteiger charge is 2.51. The molecule has 5 heteroatoms. The Morgan fingerprint density at radius 1 is 1.17 bits per heavy atom. The van der Waals surface area contributed by atoms with Crippen LogP contribution in [0.1, 0.15) is 40.0 Å². The van der Waals surface area contributed by atoms with Gasteiger partial charge in [-0.25, -0.2) is 0 Å². The predicted octanol–water partition coefficient (Wildman–Crippen LogP) is 3.81. The molecule has 1 aromatic carbocycles. The van der Waals surface area contributed by atoms with E-state index < -0.39 is 11.8 Å². The third kappa shape index (κ3) is 3.44. The first-order chi connectivity index (χ1) is 10.7. The van der Waals surface area contributed by atoms with Gasteiger partial charge in [0.2, 0.25) is 0 Å². The summed E-state index contributed by atoms with van der Waals surface area (Å²) >= 11 is 3.35. The number of fused-ring (bicyclic) bond motifs is 2. The summed E-state index contributed by atoms with van der Waals surface area (Å²) in [7, 11) is 0. The molecule has 1 aliphatic heterocycles. The van der Waals surface area contributed by atoms with Crippen LogP contribution in [-0.2, 0) is 9.59 Å². The van der Waals surface area contributed by atoms with Crippen molar-refractivity contribution in [3.8, 4) is 0 Å². The van der Waals surface area contributed by atoms with E-state index in [4.69, 9.17) is 0 Å². The minimum absolute atomic E-state index is 0.139.